The van der Waals surface area contributed by atoms with Crippen molar-refractivity contribution in [3.63, 3.8) is 0 Å². The molecule has 0 saturated heterocycles. The van der Waals surface area contributed by atoms with Crippen LogP contribution in [0, 0.1) is 0 Å². The molecule has 2 aromatic carbocycles. The number of carbonyl (C=O) groups is 2. The number of nitrogens with one attached hydrogen (secondary N) is 3. The summed E-state index contributed by atoms with van der Waals surface area (Å²) < 4.78 is 12.3. The lowest BCUT2D eigenvalue weighted by Crippen LogP contribution is -2.49. The Morgan fingerprint density at radius 2 is 1.73 bits per heavy atom. The Morgan fingerprint density at radius 3 is 2.37 bits per heavy atom. The monoisotopic (exact) mass is 577 g/mol. The molecule has 30 heavy (non-hydrogen) atoms. The van der Waals surface area contributed by atoms with Crippen LogP contribution in [0.3, 0.4) is 0 Å². The third-order valence-electron chi connectivity index (χ3n) is 3.35. The van der Waals surface area contributed by atoms with Crippen LogP contribution < -0.4 is 25.6 Å². The topological polar surface area (TPSA) is 88.7 Å². The Labute approximate surface area is 201 Å². The first-order valence-electron chi connectivity index (χ1n) is 8.60. The number of rotatable bonds is 6. The van der Waals surface area contributed by atoms with Crippen LogP contribution in [0.4, 0.5) is 0 Å². The van der Waals surface area contributed by atoms with Crippen LogP contribution >= 0.6 is 55.7 Å². The molecule has 2 amide bonds. The zero-order valence-corrected chi connectivity index (χ0v) is 20.7. The molecule has 0 aliphatic heterocycles. The van der Waals surface area contributed by atoms with Crippen molar-refractivity contribution in [3.8, 4) is 11.5 Å². The van der Waals surface area contributed by atoms with Gasteiger partial charge in [-0.15, -0.1) is 0 Å². The maximum atomic E-state index is 12.3. The number of thiocarbonyl (C=S) groups is 1. The van der Waals surface area contributed by atoms with Gasteiger partial charge < -0.3 is 9.47 Å². The van der Waals surface area contributed by atoms with Gasteiger partial charge in [0.2, 0.25) is 0 Å². The van der Waals surface area contributed by atoms with Gasteiger partial charge in [0, 0.05) is 10.6 Å². The van der Waals surface area contributed by atoms with Crippen LogP contribution in [0.15, 0.2) is 45.3 Å². The van der Waals surface area contributed by atoms with Crippen molar-refractivity contribution in [2.24, 2.45) is 0 Å². The molecule has 0 saturated carbocycles. The summed E-state index contributed by atoms with van der Waals surface area (Å²) in [5.41, 5.74) is 5.15. The van der Waals surface area contributed by atoms with E-state index in [2.05, 4.69) is 48.0 Å². The highest BCUT2D eigenvalue weighted by Crippen LogP contribution is 2.28. The van der Waals surface area contributed by atoms with Gasteiger partial charge in [0.1, 0.15) is 11.5 Å². The molecule has 2 rings (SSSR count). The van der Waals surface area contributed by atoms with Crippen LogP contribution in [0.25, 0.3) is 0 Å². The largest absolute Gasteiger partial charge is 0.490 e. The predicted octanol–water partition coefficient (Wildman–Crippen LogP) is 4.37. The lowest BCUT2D eigenvalue weighted by molar-refractivity contribution is -0.123. The van der Waals surface area contributed by atoms with Crippen LogP contribution in [-0.2, 0) is 4.79 Å². The smallest absolute Gasteiger partial charge is 0.276 e. The third kappa shape index (κ3) is 7.75. The Kier molecular flexibility index (Phi) is 9.35. The van der Waals surface area contributed by atoms with E-state index in [0.717, 1.165) is 0 Å². The Bertz CT molecular complexity index is 959. The summed E-state index contributed by atoms with van der Waals surface area (Å²) in [6.07, 6.45) is 0.00569. The normalized spacial score (nSPS) is 10.3. The van der Waals surface area contributed by atoms with Gasteiger partial charge in [0.05, 0.1) is 15.0 Å². The molecule has 0 radical (unpaired) electrons. The minimum absolute atomic E-state index is 0.00569. The second-order valence-electron chi connectivity index (χ2n) is 6.13. The molecular weight excluding hydrogens is 562 g/mol. The number of carbonyl (C=O) groups excluding carboxylic acids is 2. The quantitative estimate of drug-likeness (QED) is 0.348. The molecule has 0 aliphatic carbocycles. The molecule has 0 fully saturated rings. The van der Waals surface area contributed by atoms with Crippen LogP contribution in [0.5, 0.6) is 11.5 Å². The molecule has 0 heterocycles. The van der Waals surface area contributed by atoms with Gasteiger partial charge in [-0.3, -0.25) is 25.8 Å². The maximum Gasteiger partial charge on any atom is 0.276 e. The van der Waals surface area contributed by atoms with Gasteiger partial charge in [-0.25, -0.2) is 0 Å². The zero-order chi connectivity index (χ0) is 22.3. The first kappa shape index (κ1) is 24.4. The minimum Gasteiger partial charge on any atom is -0.490 e. The lowest BCUT2D eigenvalue weighted by atomic mass is 10.2. The molecule has 160 valence electrons. The van der Waals surface area contributed by atoms with Crippen molar-refractivity contribution in [2.75, 3.05) is 6.61 Å². The molecule has 0 bridgehead atoms. The average Bonchev–Trinajstić information content (AvgIpc) is 2.66. The van der Waals surface area contributed by atoms with Gasteiger partial charge in [0.15, 0.2) is 11.7 Å². The molecule has 0 atom stereocenters. The van der Waals surface area contributed by atoms with E-state index in [1.54, 1.807) is 36.4 Å². The molecule has 2 aromatic rings. The van der Waals surface area contributed by atoms with Gasteiger partial charge in [-0.2, -0.15) is 0 Å². The first-order chi connectivity index (χ1) is 14.2. The van der Waals surface area contributed by atoms with Crippen LogP contribution in [0.1, 0.15) is 24.2 Å². The van der Waals surface area contributed by atoms with Crippen molar-refractivity contribution in [1.82, 2.24) is 16.2 Å². The Balaban J connectivity index is 1.80. The van der Waals surface area contributed by atoms with Gasteiger partial charge in [-0.05, 0) is 94.3 Å². The molecular formula is C19H18Br2ClN3O4S. The fourth-order valence-electron chi connectivity index (χ4n) is 2.10. The Hall–Kier alpha value is -1.88. The molecule has 0 spiro atoms. The number of hydrogen-bond donors (Lipinski definition) is 3. The van der Waals surface area contributed by atoms with E-state index in [0.29, 0.717) is 31.0 Å². The number of amides is 2. The standard InChI is InChI=1S/C19H18Br2ClN3O4S/c1-10(2)29-16-5-3-11(7-13(16)20)18(27)23-19(30)25-24-17(26)9-28-15-6-4-12(22)8-14(15)21/h3-8,10H,9H2,1-2H3,(H,24,26)(H2,23,25,27,30). The van der Waals surface area contributed by atoms with Gasteiger partial charge >= 0.3 is 0 Å². The summed E-state index contributed by atoms with van der Waals surface area (Å²) >= 11 is 17.5. The molecule has 3 N–H and O–H groups in total. The number of halogens is 3. The summed E-state index contributed by atoms with van der Waals surface area (Å²) in [6, 6.07) is 9.83. The van der Waals surface area contributed by atoms with Crippen LogP contribution in [0.2, 0.25) is 5.02 Å². The van der Waals surface area contributed by atoms with Gasteiger partial charge in [0.25, 0.3) is 11.8 Å². The van der Waals surface area contributed by atoms with E-state index < -0.39 is 11.8 Å². The summed E-state index contributed by atoms with van der Waals surface area (Å²) in [5, 5.41) is 2.94. The van der Waals surface area contributed by atoms with Crippen molar-refractivity contribution < 1.29 is 19.1 Å². The highest BCUT2D eigenvalue weighted by Gasteiger charge is 2.12. The van der Waals surface area contributed by atoms with E-state index in [9.17, 15) is 9.59 Å². The fraction of sp³-hybridized carbons (Fsp3) is 0.211. The summed E-state index contributed by atoms with van der Waals surface area (Å²) in [7, 11) is 0. The molecule has 0 aromatic heterocycles. The zero-order valence-electron chi connectivity index (χ0n) is 15.9. The predicted molar refractivity (Wildman–Crippen MR) is 126 cm³/mol. The highest BCUT2D eigenvalue weighted by atomic mass is 79.9. The van der Waals surface area contributed by atoms with E-state index in [1.807, 2.05) is 13.8 Å². The molecule has 7 nitrogen and oxygen atoms in total. The minimum atomic E-state index is -0.494. The maximum absolute atomic E-state index is 12.3. The summed E-state index contributed by atoms with van der Waals surface area (Å²) in [4.78, 5) is 24.2. The van der Waals surface area contributed by atoms with Crippen molar-refractivity contribution in [1.29, 1.82) is 0 Å². The fourth-order valence-corrected chi connectivity index (χ4v) is 3.51. The number of ether oxygens (including phenoxy) is 2. The van der Waals surface area contributed by atoms with Crippen molar-refractivity contribution in [3.05, 3.63) is 55.9 Å². The molecule has 0 aliphatic rings. The van der Waals surface area contributed by atoms with E-state index in [-0.39, 0.29) is 17.8 Å². The second-order valence-corrected chi connectivity index (χ2v) is 8.69. The summed E-state index contributed by atoms with van der Waals surface area (Å²) in [5.74, 6) is 0.147. The van der Waals surface area contributed by atoms with Crippen LogP contribution in [-0.4, -0.2) is 29.6 Å². The van der Waals surface area contributed by atoms with E-state index in [1.165, 1.54) is 0 Å². The number of hydrogen-bond acceptors (Lipinski definition) is 5. The Morgan fingerprint density at radius 1 is 1.07 bits per heavy atom. The average molecular weight is 580 g/mol. The van der Waals surface area contributed by atoms with E-state index in [4.69, 9.17) is 33.3 Å². The SMILES string of the molecule is CC(C)Oc1ccc(C(=O)NC(=S)NNC(=O)COc2ccc(Cl)cc2Br)cc1Br. The lowest BCUT2D eigenvalue weighted by Gasteiger charge is -2.14. The molecule has 11 heteroatoms. The third-order valence-corrected chi connectivity index (χ3v) is 5.03. The number of benzene rings is 2. The highest BCUT2D eigenvalue weighted by molar-refractivity contribution is 9.10. The second kappa shape index (κ2) is 11.5. The first-order valence-corrected chi connectivity index (χ1v) is 11.0. The van der Waals surface area contributed by atoms with Crippen molar-refractivity contribution in [2.45, 2.75) is 20.0 Å². The van der Waals surface area contributed by atoms with Gasteiger partial charge in [-0.1, -0.05) is 11.6 Å². The number of hydrazine groups is 1. The van der Waals surface area contributed by atoms with E-state index >= 15 is 0 Å². The summed E-state index contributed by atoms with van der Waals surface area (Å²) in [6.45, 7) is 3.55. The van der Waals surface area contributed by atoms with Crippen molar-refractivity contribution >= 4 is 72.6 Å². The molecule has 0 unspecified atom stereocenters.